The molecule has 0 aromatic heterocycles. The van der Waals surface area contributed by atoms with Crippen molar-refractivity contribution >= 4 is 27.3 Å². The molecule has 0 radical (unpaired) electrons. The first-order valence-electron chi connectivity index (χ1n) is 8.89. The number of hydrogen-bond acceptors (Lipinski definition) is 7. The molecule has 162 valence electrons. The summed E-state index contributed by atoms with van der Waals surface area (Å²) in [6, 6.07) is 9.08. The number of sulfonamides is 1. The highest BCUT2D eigenvalue weighted by atomic mass is 32.2. The first kappa shape index (κ1) is 22.9. The van der Waals surface area contributed by atoms with Gasteiger partial charge in [-0.2, -0.15) is 0 Å². The summed E-state index contributed by atoms with van der Waals surface area (Å²) < 4.78 is 38.1. The maximum Gasteiger partial charge on any atom is 0.289 e. The Morgan fingerprint density at radius 1 is 1.17 bits per heavy atom. The van der Waals surface area contributed by atoms with Gasteiger partial charge in [-0.25, -0.2) is 8.42 Å². The zero-order valence-corrected chi connectivity index (χ0v) is 17.8. The number of nitro groups is 1. The van der Waals surface area contributed by atoms with E-state index in [4.69, 9.17) is 9.47 Å². The first-order valence-corrected chi connectivity index (χ1v) is 10.3. The molecule has 0 aliphatic heterocycles. The molecule has 0 spiro atoms. The van der Waals surface area contributed by atoms with E-state index in [-0.39, 0.29) is 17.5 Å². The van der Waals surface area contributed by atoms with Gasteiger partial charge in [0.25, 0.3) is 15.7 Å². The lowest BCUT2D eigenvalue weighted by molar-refractivity contribution is -0.387. The number of rotatable bonds is 9. The average molecular weight is 437 g/mol. The number of anilines is 1. The molecule has 0 unspecified atom stereocenters. The van der Waals surface area contributed by atoms with Crippen molar-refractivity contribution in [3.63, 3.8) is 0 Å². The van der Waals surface area contributed by atoms with Gasteiger partial charge >= 0.3 is 0 Å². The molecule has 0 heterocycles. The van der Waals surface area contributed by atoms with E-state index in [9.17, 15) is 23.3 Å². The van der Waals surface area contributed by atoms with Crippen molar-refractivity contribution in [3.05, 3.63) is 52.6 Å². The van der Waals surface area contributed by atoms with Gasteiger partial charge in [0, 0.05) is 18.2 Å². The minimum absolute atomic E-state index is 0.0374. The van der Waals surface area contributed by atoms with Crippen molar-refractivity contribution in [1.29, 1.82) is 0 Å². The number of hydrogen-bond donors (Lipinski definition) is 1. The number of carbonyl (C=O) groups is 1. The van der Waals surface area contributed by atoms with Crippen molar-refractivity contribution in [2.75, 3.05) is 25.1 Å². The van der Waals surface area contributed by atoms with E-state index in [1.165, 1.54) is 44.6 Å². The van der Waals surface area contributed by atoms with Crippen LogP contribution in [0, 0.1) is 10.1 Å². The molecule has 0 aliphatic rings. The maximum atomic E-state index is 13.5. The number of methoxy groups -OCH3 is 2. The molecule has 11 heteroatoms. The predicted octanol–water partition coefficient (Wildman–Crippen LogP) is 2.33. The molecule has 2 aromatic rings. The molecule has 0 aliphatic carbocycles. The van der Waals surface area contributed by atoms with Crippen LogP contribution in [0.2, 0.25) is 0 Å². The van der Waals surface area contributed by atoms with Crippen LogP contribution in [0.15, 0.2) is 47.4 Å². The summed E-state index contributed by atoms with van der Waals surface area (Å²) in [6.45, 7) is 2.86. The fraction of sp³-hybridized carbons (Fsp3) is 0.316. The van der Waals surface area contributed by atoms with Gasteiger partial charge < -0.3 is 14.8 Å². The predicted molar refractivity (Wildman–Crippen MR) is 110 cm³/mol. The number of carbonyl (C=O) groups excluding carboxylic acids is 1. The standard InChI is InChI=1S/C19H23N3O7S/c1-13(2)20-19(23)12-21(15-10-9-14(28-3)11-17(15)29-4)30(26,27)18-8-6-5-7-16(18)22(24)25/h5-11,13H,12H2,1-4H3,(H,20,23). The SMILES string of the molecule is COc1ccc(N(CC(=O)NC(C)C)S(=O)(=O)c2ccccc2[N+](=O)[O-])c(OC)c1. The number of nitrogens with one attached hydrogen (secondary N) is 1. The van der Waals surface area contributed by atoms with Crippen LogP contribution < -0.4 is 19.1 Å². The lowest BCUT2D eigenvalue weighted by Crippen LogP contribution is -2.43. The van der Waals surface area contributed by atoms with Crippen molar-refractivity contribution in [1.82, 2.24) is 5.32 Å². The van der Waals surface area contributed by atoms with E-state index < -0.39 is 38.0 Å². The van der Waals surface area contributed by atoms with Crippen LogP contribution in [0.5, 0.6) is 11.5 Å². The number of ether oxygens (including phenoxy) is 2. The van der Waals surface area contributed by atoms with Crippen molar-refractivity contribution in [2.45, 2.75) is 24.8 Å². The minimum atomic E-state index is -4.50. The zero-order valence-electron chi connectivity index (χ0n) is 17.0. The Hall–Kier alpha value is -3.34. The maximum absolute atomic E-state index is 13.5. The molecular weight excluding hydrogens is 414 g/mol. The van der Waals surface area contributed by atoms with Gasteiger partial charge in [-0.15, -0.1) is 0 Å². The summed E-state index contributed by atoms with van der Waals surface area (Å²) in [6.07, 6.45) is 0. The van der Waals surface area contributed by atoms with Crippen molar-refractivity contribution < 1.29 is 27.6 Å². The molecule has 0 atom stereocenters. The third kappa shape index (κ3) is 4.98. The van der Waals surface area contributed by atoms with E-state index in [2.05, 4.69) is 5.32 Å². The van der Waals surface area contributed by atoms with Crippen LogP contribution in [0.4, 0.5) is 11.4 Å². The largest absolute Gasteiger partial charge is 0.497 e. The fourth-order valence-electron chi connectivity index (χ4n) is 2.73. The van der Waals surface area contributed by atoms with Crippen LogP contribution in [-0.2, 0) is 14.8 Å². The monoisotopic (exact) mass is 437 g/mol. The number of nitrogens with zero attached hydrogens (tertiary/aromatic N) is 2. The third-order valence-electron chi connectivity index (χ3n) is 4.02. The van der Waals surface area contributed by atoms with E-state index in [1.807, 2.05) is 0 Å². The summed E-state index contributed by atoms with van der Waals surface area (Å²) in [5.41, 5.74) is -0.561. The summed E-state index contributed by atoms with van der Waals surface area (Å²) in [7, 11) is -1.73. The number of benzene rings is 2. The fourth-order valence-corrected chi connectivity index (χ4v) is 4.33. The molecule has 2 aromatic carbocycles. The topological polar surface area (TPSA) is 128 Å². The Morgan fingerprint density at radius 2 is 1.83 bits per heavy atom. The highest BCUT2D eigenvalue weighted by Crippen LogP contribution is 2.37. The van der Waals surface area contributed by atoms with E-state index in [0.717, 1.165) is 16.4 Å². The van der Waals surface area contributed by atoms with E-state index >= 15 is 0 Å². The minimum Gasteiger partial charge on any atom is -0.497 e. The Kier molecular flexibility index (Phi) is 7.22. The summed E-state index contributed by atoms with van der Waals surface area (Å²) in [5.74, 6) is -0.0517. The van der Waals surface area contributed by atoms with Crippen LogP contribution in [-0.4, -0.2) is 46.1 Å². The second-order valence-corrected chi connectivity index (χ2v) is 8.33. The summed E-state index contributed by atoms with van der Waals surface area (Å²) in [5, 5.41) is 14.0. The van der Waals surface area contributed by atoms with Gasteiger partial charge in [0.1, 0.15) is 18.0 Å². The Labute approximate surface area is 174 Å². The highest BCUT2D eigenvalue weighted by Gasteiger charge is 2.34. The van der Waals surface area contributed by atoms with Gasteiger partial charge in [0.15, 0.2) is 4.90 Å². The van der Waals surface area contributed by atoms with Gasteiger partial charge in [-0.05, 0) is 32.0 Å². The molecule has 0 fully saturated rings. The molecule has 1 amide bonds. The number of amides is 1. The van der Waals surface area contributed by atoms with E-state index in [0.29, 0.717) is 5.75 Å². The Balaban J connectivity index is 2.68. The van der Waals surface area contributed by atoms with Crippen LogP contribution >= 0.6 is 0 Å². The Morgan fingerprint density at radius 3 is 2.40 bits per heavy atom. The molecule has 30 heavy (non-hydrogen) atoms. The average Bonchev–Trinajstić information content (AvgIpc) is 2.70. The van der Waals surface area contributed by atoms with Crippen LogP contribution in [0.3, 0.4) is 0 Å². The van der Waals surface area contributed by atoms with E-state index in [1.54, 1.807) is 13.8 Å². The zero-order chi connectivity index (χ0) is 22.5. The smallest absolute Gasteiger partial charge is 0.289 e. The molecule has 2 rings (SSSR count). The van der Waals surface area contributed by atoms with Crippen molar-refractivity contribution in [3.8, 4) is 11.5 Å². The van der Waals surface area contributed by atoms with Crippen molar-refractivity contribution in [2.24, 2.45) is 0 Å². The lowest BCUT2D eigenvalue weighted by atomic mass is 10.2. The summed E-state index contributed by atoms with van der Waals surface area (Å²) in [4.78, 5) is 22.5. The lowest BCUT2D eigenvalue weighted by Gasteiger charge is -2.26. The van der Waals surface area contributed by atoms with Crippen LogP contribution in [0.1, 0.15) is 13.8 Å². The quantitative estimate of drug-likeness (QED) is 0.471. The molecule has 10 nitrogen and oxygen atoms in total. The van der Waals surface area contributed by atoms with Gasteiger partial charge in [0.05, 0.1) is 24.8 Å². The van der Waals surface area contributed by atoms with Gasteiger partial charge in [-0.3, -0.25) is 19.2 Å². The number of nitro benzene ring substituents is 1. The Bertz CT molecular complexity index is 1040. The van der Waals surface area contributed by atoms with Gasteiger partial charge in [-0.1, -0.05) is 12.1 Å². The normalized spacial score (nSPS) is 11.1. The second-order valence-electron chi connectivity index (χ2n) is 6.50. The highest BCUT2D eigenvalue weighted by molar-refractivity contribution is 7.93. The first-order chi connectivity index (χ1) is 14.1. The molecular formula is C19H23N3O7S. The van der Waals surface area contributed by atoms with Gasteiger partial charge in [0.2, 0.25) is 5.91 Å². The molecule has 0 saturated carbocycles. The second kappa shape index (κ2) is 9.44. The van der Waals surface area contributed by atoms with Crippen LogP contribution in [0.25, 0.3) is 0 Å². The molecule has 0 saturated heterocycles. The number of para-hydroxylation sites is 1. The molecule has 1 N–H and O–H groups in total. The summed E-state index contributed by atoms with van der Waals surface area (Å²) >= 11 is 0. The molecule has 0 bridgehead atoms. The third-order valence-corrected chi connectivity index (χ3v) is 5.83.